The third-order valence-electron chi connectivity index (χ3n) is 3.60. The summed E-state index contributed by atoms with van der Waals surface area (Å²) in [6, 6.07) is 4.27. The predicted molar refractivity (Wildman–Crippen MR) is 74.4 cm³/mol. The van der Waals surface area contributed by atoms with Crippen LogP contribution in [0.25, 0.3) is 0 Å². The third kappa shape index (κ3) is 1.98. The number of aryl methyl sites for hydroxylation is 2. The van der Waals surface area contributed by atoms with E-state index in [1.807, 2.05) is 6.92 Å². The Kier molecular flexibility index (Phi) is 3.01. The van der Waals surface area contributed by atoms with Gasteiger partial charge in [-0.2, -0.15) is 5.10 Å². The normalized spacial score (nSPS) is 17.8. The molecule has 0 spiro atoms. The van der Waals surface area contributed by atoms with E-state index in [1.54, 1.807) is 17.8 Å². The van der Waals surface area contributed by atoms with Gasteiger partial charge in [0.1, 0.15) is 11.6 Å². The lowest BCUT2D eigenvalue weighted by Crippen LogP contribution is -2.24. The molecule has 0 saturated carbocycles. The van der Waals surface area contributed by atoms with Gasteiger partial charge in [-0.1, -0.05) is 17.7 Å². The standard InChI is InChI=1S/C14H13ClFN3O/c1-7-13-10(9-4-3-8(16)5-11(9)15)6-12(20)17-14(13)19(2)18-7/h3-5,10H,6H2,1-2H3,(H,17,20)/t10-/m0/s1. The summed E-state index contributed by atoms with van der Waals surface area (Å²) >= 11 is 6.14. The van der Waals surface area contributed by atoms with Crippen molar-refractivity contribution < 1.29 is 9.18 Å². The van der Waals surface area contributed by atoms with Gasteiger partial charge in [0, 0.05) is 30.0 Å². The van der Waals surface area contributed by atoms with E-state index in [4.69, 9.17) is 11.6 Å². The Morgan fingerprint density at radius 2 is 2.25 bits per heavy atom. The summed E-state index contributed by atoms with van der Waals surface area (Å²) in [7, 11) is 1.78. The lowest BCUT2D eigenvalue weighted by Gasteiger charge is -2.24. The highest BCUT2D eigenvalue weighted by molar-refractivity contribution is 6.31. The quantitative estimate of drug-likeness (QED) is 0.878. The van der Waals surface area contributed by atoms with Crippen LogP contribution in [-0.4, -0.2) is 15.7 Å². The van der Waals surface area contributed by atoms with Crippen LogP contribution in [0.5, 0.6) is 0 Å². The van der Waals surface area contributed by atoms with Crippen LogP contribution in [0.4, 0.5) is 10.2 Å². The van der Waals surface area contributed by atoms with E-state index in [0.717, 1.165) is 16.8 Å². The van der Waals surface area contributed by atoms with Gasteiger partial charge in [0.15, 0.2) is 0 Å². The van der Waals surface area contributed by atoms with Crippen LogP contribution in [0.2, 0.25) is 5.02 Å². The van der Waals surface area contributed by atoms with Gasteiger partial charge < -0.3 is 5.32 Å². The molecule has 0 unspecified atom stereocenters. The first-order chi connectivity index (χ1) is 9.47. The minimum Gasteiger partial charge on any atom is -0.311 e. The molecule has 1 aliphatic rings. The first kappa shape index (κ1) is 13.1. The maximum Gasteiger partial charge on any atom is 0.226 e. The van der Waals surface area contributed by atoms with Gasteiger partial charge >= 0.3 is 0 Å². The Bertz CT molecular complexity index is 711. The van der Waals surface area contributed by atoms with Gasteiger partial charge in [0.25, 0.3) is 0 Å². The maximum absolute atomic E-state index is 13.2. The van der Waals surface area contributed by atoms with Crippen LogP contribution in [0.15, 0.2) is 18.2 Å². The van der Waals surface area contributed by atoms with Crippen LogP contribution in [0.3, 0.4) is 0 Å². The zero-order valence-corrected chi connectivity index (χ0v) is 11.8. The maximum atomic E-state index is 13.2. The van der Waals surface area contributed by atoms with Gasteiger partial charge in [-0.05, 0) is 24.6 Å². The zero-order valence-electron chi connectivity index (χ0n) is 11.1. The molecule has 4 nitrogen and oxygen atoms in total. The van der Waals surface area contributed by atoms with Crippen LogP contribution >= 0.6 is 11.6 Å². The molecule has 0 bridgehead atoms. The molecule has 0 fully saturated rings. The van der Waals surface area contributed by atoms with Crippen LogP contribution in [0.1, 0.15) is 29.2 Å². The van der Waals surface area contributed by atoms with Crippen molar-refractivity contribution in [1.29, 1.82) is 0 Å². The molecule has 1 atom stereocenters. The molecule has 1 aromatic carbocycles. The molecule has 0 aliphatic carbocycles. The molecule has 1 N–H and O–H groups in total. The smallest absolute Gasteiger partial charge is 0.226 e. The molecule has 2 heterocycles. The number of carbonyl (C=O) groups is 1. The number of fused-ring (bicyclic) bond motifs is 1. The fraction of sp³-hybridized carbons (Fsp3) is 0.286. The van der Waals surface area contributed by atoms with Crippen molar-refractivity contribution in [3.05, 3.63) is 45.9 Å². The molecular weight excluding hydrogens is 281 g/mol. The van der Waals surface area contributed by atoms with Crippen molar-refractivity contribution in [3.63, 3.8) is 0 Å². The number of nitrogens with zero attached hydrogens (tertiary/aromatic N) is 2. The summed E-state index contributed by atoms with van der Waals surface area (Å²) in [6.07, 6.45) is 0.283. The minimum absolute atomic E-state index is 0.0918. The molecule has 0 saturated heterocycles. The summed E-state index contributed by atoms with van der Waals surface area (Å²) in [5.74, 6) is 0.0118. The van der Waals surface area contributed by atoms with Crippen molar-refractivity contribution in [2.45, 2.75) is 19.3 Å². The number of amides is 1. The van der Waals surface area contributed by atoms with Crippen LogP contribution in [0, 0.1) is 12.7 Å². The number of benzene rings is 1. The highest BCUT2D eigenvalue weighted by atomic mass is 35.5. The summed E-state index contributed by atoms with van der Waals surface area (Å²) in [6.45, 7) is 1.89. The van der Waals surface area contributed by atoms with Crippen LogP contribution < -0.4 is 5.32 Å². The first-order valence-electron chi connectivity index (χ1n) is 6.25. The second-order valence-corrected chi connectivity index (χ2v) is 5.35. The Hall–Kier alpha value is -1.88. The van der Waals surface area contributed by atoms with Gasteiger partial charge in [-0.3, -0.25) is 9.48 Å². The number of rotatable bonds is 1. The molecule has 1 amide bonds. The lowest BCUT2D eigenvalue weighted by atomic mass is 9.86. The van der Waals surface area contributed by atoms with E-state index in [1.165, 1.54) is 12.1 Å². The molecule has 0 radical (unpaired) electrons. The molecule has 20 heavy (non-hydrogen) atoms. The second kappa shape index (κ2) is 4.59. The minimum atomic E-state index is -0.387. The van der Waals surface area contributed by atoms with Crippen molar-refractivity contribution >= 4 is 23.3 Å². The largest absolute Gasteiger partial charge is 0.311 e. The van der Waals surface area contributed by atoms with Gasteiger partial charge in [0.05, 0.1) is 5.69 Å². The Morgan fingerprint density at radius 1 is 1.50 bits per heavy atom. The fourth-order valence-corrected chi connectivity index (χ4v) is 3.06. The van der Waals surface area contributed by atoms with Crippen molar-refractivity contribution in [2.75, 3.05) is 5.32 Å². The van der Waals surface area contributed by atoms with Crippen LogP contribution in [-0.2, 0) is 11.8 Å². The van der Waals surface area contributed by atoms with E-state index in [9.17, 15) is 9.18 Å². The Balaban J connectivity index is 2.18. The predicted octanol–water partition coefficient (Wildman–Crippen LogP) is 3.00. The first-order valence-corrected chi connectivity index (χ1v) is 6.63. The SMILES string of the molecule is Cc1nn(C)c2c1[C@H](c1ccc(F)cc1Cl)CC(=O)N2. The summed E-state index contributed by atoms with van der Waals surface area (Å²) in [5.41, 5.74) is 2.54. The monoisotopic (exact) mass is 293 g/mol. The highest BCUT2D eigenvalue weighted by Crippen LogP contribution is 2.41. The average Bonchev–Trinajstić information content (AvgIpc) is 2.64. The number of nitrogens with one attached hydrogen (secondary N) is 1. The topological polar surface area (TPSA) is 46.9 Å². The van der Waals surface area contributed by atoms with Gasteiger partial charge in [0.2, 0.25) is 5.91 Å². The van der Waals surface area contributed by atoms with Crippen molar-refractivity contribution in [1.82, 2.24) is 9.78 Å². The Morgan fingerprint density at radius 3 is 2.95 bits per heavy atom. The number of anilines is 1. The average molecular weight is 294 g/mol. The summed E-state index contributed by atoms with van der Waals surface area (Å²) in [5, 5.41) is 7.49. The number of carbonyl (C=O) groups excluding carboxylic acids is 1. The number of hydrogen-bond donors (Lipinski definition) is 1. The molecular formula is C14H13ClFN3O. The molecule has 1 aromatic heterocycles. The van der Waals surface area contributed by atoms with E-state index >= 15 is 0 Å². The highest BCUT2D eigenvalue weighted by Gasteiger charge is 2.32. The van der Waals surface area contributed by atoms with E-state index in [-0.39, 0.29) is 24.1 Å². The van der Waals surface area contributed by atoms with Crippen molar-refractivity contribution in [2.24, 2.45) is 7.05 Å². The third-order valence-corrected chi connectivity index (χ3v) is 3.93. The van der Waals surface area contributed by atoms with E-state index in [2.05, 4.69) is 10.4 Å². The second-order valence-electron chi connectivity index (χ2n) is 4.94. The molecule has 3 rings (SSSR count). The Labute approximate surface area is 120 Å². The summed E-state index contributed by atoms with van der Waals surface area (Å²) < 4.78 is 14.8. The van der Waals surface area contributed by atoms with E-state index < -0.39 is 0 Å². The van der Waals surface area contributed by atoms with Gasteiger partial charge in [-0.15, -0.1) is 0 Å². The number of hydrogen-bond acceptors (Lipinski definition) is 2. The zero-order chi connectivity index (χ0) is 14.4. The molecule has 6 heteroatoms. The van der Waals surface area contributed by atoms with Crippen molar-refractivity contribution in [3.8, 4) is 0 Å². The number of aromatic nitrogens is 2. The molecule has 104 valence electrons. The molecule has 1 aliphatic heterocycles. The van der Waals surface area contributed by atoms with Gasteiger partial charge in [-0.25, -0.2) is 4.39 Å². The lowest BCUT2D eigenvalue weighted by molar-refractivity contribution is -0.116. The molecule has 2 aromatic rings. The van der Waals surface area contributed by atoms with E-state index in [0.29, 0.717) is 10.8 Å². The fourth-order valence-electron chi connectivity index (χ4n) is 2.76. The summed E-state index contributed by atoms with van der Waals surface area (Å²) in [4.78, 5) is 11.9. The number of halogens is 2.